The Morgan fingerprint density at radius 3 is 2.30 bits per heavy atom. The van der Waals surface area contributed by atoms with Gasteiger partial charge in [0.15, 0.2) is 11.5 Å². The number of benzene rings is 3. The quantitative estimate of drug-likeness (QED) is 0.327. The van der Waals surface area contributed by atoms with Gasteiger partial charge in [-0.1, -0.05) is 42.8 Å². The maximum absolute atomic E-state index is 13.2. The van der Waals surface area contributed by atoms with E-state index in [0.717, 1.165) is 16.9 Å². The predicted octanol–water partition coefficient (Wildman–Crippen LogP) is 5.04. The Bertz CT molecular complexity index is 1330. The number of nitrogens with one attached hydrogen (secondary N) is 1. The van der Waals surface area contributed by atoms with E-state index in [2.05, 4.69) is 5.32 Å². The lowest BCUT2D eigenvalue weighted by Gasteiger charge is -2.26. The number of ether oxygens (including phenoxy) is 3. The standard InChI is InChI=1S/C29H28N2O6/c1-4-15-36-25-14-9-21(17-26(25)35-3)16-24-27(32)30-29(34)31(28(24)33)22-10-12-23(13-11-22)37-18-20-7-5-19(2)6-8-20/h5-14,16-17H,4,15,18H2,1-3H3,(H,30,32,34)/b24-16+. The van der Waals surface area contributed by atoms with Crippen LogP contribution in [0.3, 0.4) is 0 Å². The van der Waals surface area contributed by atoms with E-state index in [9.17, 15) is 14.4 Å². The lowest BCUT2D eigenvalue weighted by molar-refractivity contribution is -0.122. The number of carbonyl (C=O) groups excluding carboxylic acids is 3. The molecule has 1 aliphatic heterocycles. The molecule has 1 heterocycles. The SMILES string of the molecule is CCCOc1ccc(/C=C2\C(=O)NC(=O)N(c3ccc(OCc4ccc(C)cc4)cc3)C2=O)cc1OC. The summed E-state index contributed by atoms with van der Waals surface area (Å²) in [7, 11) is 1.51. The number of methoxy groups -OCH3 is 1. The van der Waals surface area contributed by atoms with Gasteiger partial charge in [-0.2, -0.15) is 0 Å². The van der Waals surface area contributed by atoms with Gasteiger partial charge in [0.2, 0.25) is 0 Å². The smallest absolute Gasteiger partial charge is 0.335 e. The van der Waals surface area contributed by atoms with Crippen LogP contribution in [0.5, 0.6) is 17.2 Å². The summed E-state index contributed by atoms with van der Waals surface area (Å²) in [5.41, 5.74) is 2.87. The summed E-state index contributed by atoms with van der Waals surface area (Å²) in [5.74, 6) is 0.119. The number of anilines is 1. The number of amides is 4. The molecule has 4 rings (SSSR count). The van der Waals surface area contributed by atoms with Crippen molar-refractivity contribution in [1.29, 1.82) is 0 Å². The number of aryl methyl sites for hydroxylation is 1. The molecule has 4 amide bonds. The predicted molar refractivity (Wildman–Crippen MR) is 140 cm³/mol. The van der Waals surface area contributed by atoms with Crippen LogP contribution in [0.15, 0.2) is 72.3 Å². The molecular formula is C29H28N2O6. The van der Waals surface area contributed by atoms with Crippen molar-refractivity contribution in [2.45, 2.75) is 26.9 Å². The molecule has 1 aliphatic rings. The lowest BCUT2D eigenvalue weighted by Crippen LogP contribution is -2.54. The Kier molecular flexibility index (Phi) is 7.88. The summed E-state index contributed by atoms with van der Waals surface area (Å²) in [4.78, 5) is 39.2. The number of rotatable bonds is 9. The Morgan fingerprint density at radius 1 is 0.892 bits per heavy atom. The molecule has 0 saturated carbocycles. The van der Waals surface area contributed by atoms with Crippen LogP contribution < -0.4 is 24.4 Å². The minimum atomic E-state index is -0.818. The first kappa shape index (κ1) is 25.5. The number of hydrogen-bond acceptors (Lipinski definition) is 6. The van der Waals surface area contributed by atoms with Crippen molar-refractivity contribution < 1.29 is 28.6 Å². The molecule has 190 valence electrons. The van der Waals surface area contributed by atoms with Crippen LogP contribution in [0.25, 0.3) is 6.08 Å². The van der Waals surface area contributed by atoms with E-state index >= 15 is 0 Å². The highest BCUT2D eigenvalue weighted by atomic mass is 16.5. The van der Waals surface area contributed by atoms with Crippen molar-refractivity contribution in [3.63, 3.8) is 0 Å². The molecule has 8 heteroatoms. The molecule has 0 bridgehead atoms. The highest BCUT2D eigenvalue weighted by Gasteiger charge is 2.36. The normalized spacial score (nSPS) is 14.5. The van der Waals surface area contributed by atoms with Crippen LogP contribution in [-0.2, 0) is 16.2 Å². The molecule has 3 aromatic rings. The summed E-state index contributed by atoms with van der Waals surface area (Å²) >= 11 is 0. The number of nitrogens with zero attached hydrogens (tertiary/aromatic N) is 1. The molecule has 1 fully saturated rings. The van der Waals surface area contributed by atoms with Crippen LogP contribution in [0, 0.1) is 6.92 Å². The molecule has 0 spiro atoms. The summed E-state index contributed by atoms with van der Waals surface area (Å²) < 4.78 is 16.8. The van der Waals surface area contributed by atoms with Gasteiger partial charge in [0.05, 0.1) is 19.4 Å². The van der Waals surface area contributed by atoms with E-state index < -0.39 is 17.8 Å². The molecule has 8 nitrogen and oxygen atoms in total. The number of imide groups is 2. The van der Waals surface area contributed by atoms with Crippen molar-refractivity contribution in [3.8, 4) is 17.2 Å². The third kappa shape index (κ3) is 5.98. The molecule has 0 aliphatic carbocycles. The molecule has 0 radical (unpaired) electrons. The van der Waals surface area contributed by atoms with Gasteiger partial charge in [-0.25, -0.2) is 9.69 Å². The summed E-state index contributed by atoms with van der Waals surface area (Å²) in [5, 5.41) is 2.23. The van der Waals surface area contributed by atoms with Gasteiger partial charge in [0.25, 0.3) is 11.8 Å². The zero-order valence-electron chi connectivity index (χ0n) is 20.9. The van der Waals surface area contributed by atoms with Crippen molar-refractivity contribution in [2.75, 3.05) is 18.6 Å². The van der Waals surface area contributed by atoms with Crippen LogP contribution >= 0.6 is 0 Å². The lowest BCUT2D eigenvalue weighted by atomic mass is 10.1. The van der Waals surface area contributed by atoms with Gasteiger partial charge >= 0.3 is 6.03 Å². The number of carbonyl (C=O) groups is 3. The minimum Gasteiger partial charge on any atom is -0.493 e. The van der Waals surface area contributed by atoms with E-state index in [1.807, 2.05) is 38.1 Å². The molecule has 1 saturated heterocycles. The van der Waals surface area contributed by atoms with E-state index in [1.165, 1.54) is 18.7 Å². The first-order chi connectivity index (χ1) is 17.9. The number of hydrogen-bond donors (Lipinski definition) is 1. The van der Waals surface area contributed by atoms with E-state index in [-0.39, 0.29) is 5.57 Å². The van der Waals surface area contributed by atoms with Crippen molar-refractivity contribution >= 4 is 29.6 Å². The van der Waals surface area contributed by atoms with E-state index in [1.54, 1.807) is 42.5 Å². The van der Waals surface area contributed by atoms with Gasteiger partial charge in [-0.15, -0.1) is 0 Å². The maximum Gasteiger partial charge on any atom is 0.335 e. The van der Waals surface area contributed by atoms with Gasteiger partial charge in [-0.3, -0.25) is 14.9 Å². The third-order valence-corrected chi connectivity index (χ3v) is 5.68. The first-order valence-corrected chi connectivity index (χ1v) is 11.9. The van der Waals surface area contributed by atoms with Gasteiger partial charge in [-0.05, 0) is 66.9 Å². The third-order valence-electron chi connectivity index (χ3n) is 5.68. The summed E-state index contributed by atoms with van der Waals surface area (Å²) in [6.45, 7) is 4.93. The Morgan fingerprint density at radius 2 is 1.62 bits per heavy atom. The second kappa shape index (κ2) is 11.4. The van der Waals surface area contributed by atoms with Crippen molar-refractivity contribution in [1.82, 2.24) is 5.32 Å². The van der Waals surface area contributed by atoms with Gasteiger partial charge in [0.1, 0.15) is 17.9 Å². The fourth-order valence-electron chi connectivity index (χ4n) is 3.71. The van der Waals surface area contributed by atoms with Crippen LogP contribution in [0.2, 0.25) is 0 Å². The fraction of sp³-hybridized carbons (Fsp3) is 0.207. The number of barbiturate groups is 1. The fourth-order valence-corrected chi connectivity index (χ4v) is 3.71. The summed E-state index contributed by atoms with van der Waals surface area (Å²) in [6.07, 6.45) is 2.26. The molecule has 0 aromatic heterocycles. The van der Waals surface area contributed by atoms with Crippen LogP contribution in [-0.4, -0.2) is 31.6 Å². The van der Waals surface area contributed by atoms with E-state index in [4.69, 9.17) is 14.2 Å². The Balaban J connectivity index is 1.52. The van der Waals surface area contributed by atoms with Crippen molar-refractivity contribution in [2.24, 2.45) is 0 Å². The summed E-state index contributed by atoms with van der Waals surface area (Å²) in [6, 6.07) is 18.8. The average Bonchev–Trinajstić information content (AvgIpc) is 2.90. The molecular weight excluding hydrogens is 472 g/mol. The van der Waals surface area contributed by atoms with Crippen LogP contribution in [0.4, 0.5) is 10.5 Å². The molecule has 37 heavy (non-hydrogen) atoms. The zero-order valence-corrected chi connectivity index (χ0v) is 20.9. The monoisotopic (exact) mass is 500 g/mol. The Hall–Kier alpha value is -4.59. The average molecular weight is 501 g/mol. The number of urea groups is 1. The minimum absolute atomic E-state index is 0.177. The van der Waals surface area contributed by atoms with Gasteiger partial charge in [0, 0.05) is 0 Å². The second-order valence-corrected chi connectivity index (χ2v) is 8.48. The highest BCUT2D eigenvalue weighted by Crippen LogP contribution is 2.30. The molecule has 3 aromatic carbocycles. The zero-order chi connectivity index (χ0) is 26.4. The van der Waals surface area contributed by atoms with Crippen LogP contribution in [0.1, 0.15) is 30.0 Å². The van der Waals surface area contributed by atoms with Crippen molar-refractivity contribution in [3.05, 3.63) is 89.0 Å². The van der Waals surface area contributed by atoms with Gasteiger partial charge < -0.3 is 14.2 Å². The first-order valence-electron chi connectivity index (χ1n) is 11.9. The largest absolute Gasteiger partial charge is 0.493 e. The molecule has 0 atom stereocenters. The Labute approximate surface area is 215 Å². The maximum atomic E-state index is 13.2. The molecule has 0 unspecified atom stereocenters. The molecule has 1 N–H and O–H groups in total. The van der Waals surface area contributed by atoms with E-state index in [0.29, 0.717) is 41.7 Å². The topological polar surface area (TPSA) is 94.2 Å². The highest BCUT2D eigenvalue weighted by molar-refractivity contribution is 6.39. The second-order valence-electron chi connectivity index (χ2n) is 8.48.